The summed E-state index contributed by atoms with van der Waals surface area (Å²) in [5.74, 6) is -1.00. The Kier molecular flexibility index (Phi) is 8.52. The van der Waals surface area contributed by atoms with Gasteiger partial charge < -0.3 is 18.4 Å². The molecule has 1 unspecified atom stereocenters. The Morgan fingerprint density at radius 1 is 1.08 bits per heavy atom. The van der Waals surface area contributed by atoms with Crippen molar-refractivity contribution in [1.82, 2.24) is 0 Å². The van der Waals surface area contributed by atoms with Crippen LogP contribution in [0.5, 0.6) is 11.5 Å². The van der Waals surface area contributed by atoms with Gasteiger partial charge in [0.25, 0.3) is 0 Å². The van der Waals surface area contributed by atoms with E-state index in [1.54, 1.807) is 43.3 Å². The molecular weight excluding hydrogens is 569 g/mol. The van der Waals surface area contributed by atoms with Gasteiger partial charge in [0.05, 0.1) is 20.3 Å². The highest BCUT2D eigenvalue weighted by molar-refractivity contribution is 9.10. The average Bonchev–Trinajstić information content (AvgIpc) is 2.81. The minimum absolute atomic E-state index is 0.0279. The van der Waals surface area contributed by atoms with Gasteiger partial charge in [-0.1, -0.05) is 40.2 Å². The molecule has 3 aromatic carbocycles. The molecule has 0 spiro atoms. The summed E-state index contributed by atoms with van der Waals surface area (Å²) in [5.41, 5.74) is -5.01. The van der Waals surface area contributed by atoms with E-state index in [9.17, 15) is 26.4 Å². The fourth-order valence-corrected chi connectivity index (χ4v) is 4.44. The van der Waals surface area contributed by atoms with E-state index in [1.807, 2.05) is 0 Å². The van der Waals surface area contributed by atoms with E-state index in [0.29, 0.717) is 21.2 Å². The Morgan fingerprint density at radius 3 is 2.33 bits per heavy atom. The van der Waals surface area contributed by atoms with E-state index >= 15 is 0 Å². The third-order valence-electron chi connectivity index (χ3n) is 5.14. The summed E-state index contributed by atoms with van der Waals surface area (Å²) < 4.78 is 85.1. The normalized spacial score (nSPS) is 12.9. The molecular formula is C24H22BrF3O7S. The molecule has 36 heavy (non-hydrogen) atoms. The molecule has 0 aliphatic heterocycles. The van der Waals surface area contributed by atoms with Crippen molar-refractivity contribution in [3.63, 3.8) is 0 Å². The van der Waals surface area contributed by atoms with Crippen LogP contribution in [0, 0.1) is 6.92 Å². The Hall–Kier alpha value is -2.83. The quantitative estimate of drug-likeness (QED) is 0.172. The summed E-state index contributed by atoms with van der Waals surface area (Å²) in [6.45, 7) is 2.86. The number of hydrogen-bond donors (Lipinski definition) is 0. The van der Waals surface area contributed by atoms with Crippen molar-refractivity contribution in [3.05, 3.63) is 69.7 Å². The number of esters is 1. The number of rotatable bonds is 9. The molecule has 0 N–H and O–H groups in total. The van der Waals surface area contributed by atoms with Crippen molar-refractivity contribution in [3.8, 4) is 11.5 Å². The third-order valence-corrected chi connectivity index (χ3v) is 6.79. The molecule has 0 radical (unpaired) electrons. The summed E-state index contributed by atoms with van der Waals surface area (Å²) >= 11 is 3.31. The van der Waals surface area contributed by atoms with Crippen molar-refractivity contribution in [2.24, 2.45) is 0 Å². The van der Waals surface area contributed by atoms with Crippen LogP contribution in [0.4, 0.5) is 13.2 Å². The second kappa shape index (κ2) is 11.1. The largest absolute Gasteiger partial charge is 0.534 e. The molecule has 0 fully saturated rings. The van der Waals surface area contributed by atoms with Crippen LogP contribution in [-0.4, -0.2) is 33.6 Å². The monoisotopic (exact) mass is 590 g/mol. The fourth-order valence-electron chi connectivity index (χ4n) is 3.46. The van der Waals surface area contributed by atoms with Crippen LogP contribution in [-0.2, 0) is 31.0 Å². The lowest BCUT2D eigenvalue weighted by molar-refractivity contribution is -0.158. The highest BCUT2D eigenvalue weighted by atomic mass is 79.9. The predicted octanol–water partition coefficient (Wildman–Crippen LogP) is 5.97. The van der Waals surface area contributed by atoms with Crippen LogP contribution >= 0.6 is 15.9 Å². The van der Waals surface area contributed by atoms with Crippen LogP contribution in [0.1, 0.15) is 29.7 Å². The number of methoxy groups -OCH3 is 1. The summed E-state index contributed by atoms with van der Waals surface area (Å²) in [6.07, 6.45) is -1.59. The van der Waals surface area contributed by atoms with Gasteiger partial charge in [0.1, 0.15) is 5.75 Å². The molecule has 0 amide bonds. The minimum Gasteiger partial charge on any atom is -0.497 e. The number of alkyl halides is 3. The van der Waals surface area contributed by atoms with Crippen LogP contribution in [0.2, 0.25) is 0 Å². The lowest BCUT2D eigenvalue weighted by Gasteiger charge is -2.23. The fraction of sp³-hybridized carbons (Fsp3) is 0.292. The number of hydrogen-bond acceptors (Lipinski definition) is 7. The van der Waals surface area contributed by atoms with Gasteiger partial charge in [-0.2, -0.15) is 21.6 Å². The van der Waals surface area contributed by atoms with E-state index < -0.39 is 33.4 Å². The smallest absolute Gasteiger partial charge is 0.497 e. The standard InChI is InChI=1S/C24H22BrF3O7S/c1-4-33-23(29)22(34-13-15-8-10-16(32-3)11-9-15)20-14(2)12-18-17(6-5-7-19(18)25)21(20)35-36(30,31)24(26,27)28/h5-12,22H,4,13H2,1-3H3. The topological polar surface area (TPSA) is 88.1 Å². The first-order valence-electron chi connectivity index (χ1n) is 10.5. The molecule has 0 heterocycles. The van der Waals surface area contributed by atoms with Gasteiger partial charge in [-0.25, -0.2) is 4.79 Å². The maximum Gasteiger partial charge on any atom is 0.534 e. The van der Waals surface area contributed by atoms with E-state index in [4.69, 9.17) is 14.2 Å². The van der Waals surface area contributed by atoms with Crippen molar-refractivity contribution in [2.75, 3.05) is 13.7 Å². The molecule has 0 saturated carbocycles. The highest BCUT2D eigenvalue weighted by Gasteiger charge is 2.49. The molecule has 194 valence electrons. The number of benzene rings is 3. The molecule has 7 nitrogen and oxygen atoms in total. The molecule has 3 aromatic rings. The first kappa shape index (κ1) is 27.8. The number of fused-ring (bicyclic) bond motifs is 1. The highest BCUT2D eigenvalue weighted by Crippen LogP contribution is 2.43. The van der Waals surface area contributed by atoms with Gasteiger partial charge in [-0.05, 0) is 54.6 Å². The van der Waals surface area contributed by atoms with Crippen molar-refractivity contribution in [1.29, 1.82) is 0 Å². The molecule has 0 aliphatic carbocycles. The molecule has 0 aliphatic rings. The van der Waals surface area contributed by atoms with Crippen molar-refractivity contribution in [2.45, 2.75) is 32.1 Å². The number of aryl methyl sites for hydroxylation is 1. The zero-order chi connectivity index (χ0) is 26.7. The predicted molar refractivity (Wildman–Crippen MR) is 129 cm³/mol. The Bertz CT molecular complexity index is 1360. The summed E-state index contributed by atoms with van der Waals surface area (Å²) in [6, 6.07) is 12.8. The SMILES string of the molecule is CCOC(=O)C(OCc1ccc(OC)cc1)c1c(C)cc2c(Br)cccc2c1OS(=O)(=O)C(F)(F)F. The van der Waals surface area contributed by atoms with Crippen LogP contribution in [0.15, 0.2) is 53.0 Å². The van der Waals surface area contributed by atoms with E-state index in [1.165, 1.54) is 26.2 Å². The molecule has 1 atom stereocenters. The Labute approximate surface area is 214 Å². The van der Waals surface area contributed by atoms with Crippen LogP contribution < -0.4 is 8.92 Å². The molecule has 0 aromatic heterocycles. The maximum absolute atomic E-state index is 13.3. The maximum atomic E-state index is 13.3. The van der Waals surface area contributed by atoms with E-state index in [0.717, 1.165) is 0 Å². The lowest BCUT2D eigenvalue weighted by Crippen LogP contribution is -2.29. The minimum atomic E-state index is -6.08. The van der Waals surface area contributed by atoms with Crippen LogP contribution in [0.25, 0.3) is 10.8 Å². The molecule has 0 bridgehead atoms. The van der Waals surface area contributed by atoms with Gasteiger partial charge in [-0.3, -0.25) is 0 Å². The third kappa shape index (κ3) is 5.93. The number of carbonyl (C=O) groups excluding carboxylic acids is 1. The zero-order valence-electron chi connectivity index (χ0n) is 19.4. The van der Waals surface area contributed by atoms with E-state index in [-0.39, 0.29) is 29.7 Å². The molecule has 0 saturated heterocycles. The summed E-state index contributed by atoms with van der Waals surface area (Å²) in [5, 5.41) is 0.407. The Balaban J connectivity index is 2.19. The second-order valence-electron chi connectivity index (χ2n) is 7.55. The van der Waals surface area contributed by atoms with Gasteiger partial charge >= 0.3 is 21.6 Å². The lowest BCUT2D eigenvalue weighted by atomic mass is 9.96. The molecule has 12 heteroatoms. The van der Waals surface area contributed by atoms with Gasteiger partial charge in [0.15, 0.2) is 11.9 Å². The summed E-state index contributed by atoms with van der Waals surface area (Å²) in [4.78, 5) is 12.9. The number of ether oxygens (including phenoxy) is 3. The Morgan fingerprint density at radius 2 is 1.75 bits per heavy atom. The van der Waals surface area contributed by atoms with Crippen molar-refractivity contribution >= 4 is 42.8 Å². The number of carbonyl (C=O) groups is 1. The first-order valence-corrected chi connectivity index (χ1v) is 12.7. The first-order chi connectivity index (χ1) is 16.9. The van der Waals surface area contributed by atoms with Crippen molar-refractivity contribution < 1.29 is 44.8 Å². The summed E-state index contributed by atoms with van der Waals surface area (Å²) in [7, 11) is -4.58. The molecule has 3 rings (SSSR count). The average molecular weight is 591 g/mol. The second-order valence-corrected chi connectivity index (χ2v) is 9.94. The van der Waals surface area contributed by atoms with Gasteiger partial charge in [0.2, 0.25) is 0 Å². The van der Waals surface area contributed by atoms with Gasteiger partial charge in [0, 0.05) is 15.4 Å². The van der Waals surface area contributed by atoms with Gasteiger partial charge in [-0.15, -0.1) is 0 Å². The van der Waals surface area contributed by atoms with E-state index in [2.05, 4.69) is 20.1 Å². The number of halogens is 4. The zero-order valence-corrected chi connectivity index (χ0v) is 21.8. The van der Waals surface area contributed by atoms with Crippen LogP contribution in [0.3, 0.4) is 0 Å².